The van der Waals surface area contributed by atoms with E-state index >= 15 is 0 Å². The first-order chi connectivity index (χ1) is 9.96. The highest BCUT2D eigenvalue weighted by Gasteiger charge is 2.40. The zero-order chi connectivity index (χ0) is 15.0. The second-order valence-electron chi connectivity index (χ2n) is 7.05. The monoisotopic (exact) mass is 290 g/mol. The molecule has 1 aliphatic heterocycles. The Bertz CT molecular complexity index is 526. The van der Waals surface area contributed by atoms with Crippen molar-refractivity contribution in [2.75, 3.05) is 6.54 Å². The van der Waals surface area contributed by atoms with Gasteiger partial charge >= 0.3 is 0 Å². The molecule has 3 nitrogen and oxygen atoms in total. The van der Waals surface area contributed by atoms with Crippen molar-refractivity contribution in [1.29, 1.82) is 0 Å². The quantitative estimate of drug-likeness (QED) is 0.907. The van der Waals surface area contributed by atoms with E-state index in [0.717, 1.165) is 24.8 Å². The highest BCUT2D eigenvalue weighted by atomic mass is 19.1. The molecule has 1 saturated carbocycles. The van der Waals surface area contributed by atoms with Gasteiger partial charge in [0.25, 0.3) is 0 Å². The predicted molar refractivity (Wildman–Crippen MR) is 80.0 cm³/mol. The van der Waals surface area contributed by atoms with Gasteiger partial charge in [0.1, 0.15) is 12.0 Å². The molecule has 1 saturated heterocycles. The molecule has 1 aromatic rings. The molecule has 2 atom stereocenters. The molecule has 0 bridgehead atoms. The van der Waals surface area contributed by atoms with Crippen LogP contribution in [0.4, 0.5) is 4.39 Å². The first kappa shape index (κ1) is 14.5. The van der Waals surface area contributed by atoms with E-state index in [1.807, 2.05) is 4.90 Å². The number of nitrogens with zero attached hydrogens (tertiary/aromatic N) is 1. The Balaban J connectivity index is 1.84. The summed E-state index contributed by atoms with van der Waals surface area (Å²) in [5, 5.41) is 3.27. The molecule has 2 unspecified atom stereocenters. The summed E-state index contributed by atoms with van der Waals surface area (Å²) >= 11 is 0. The molecule has 2 aliphatic rings. The molecule has 0 aromatic heterocycles. The van der Waals surface area contributed by atoms with E-state index in [2.05, 4.69) is 19.2 Å². The second kappa shape index (κ2) is 5.41. The van der Waals surface area contributed by atoms with Crippen molar-refractivity contribution in [3.63, 3.8) is 0 Å². The van der Waals surface area contributed by atoms with Crippen LogP contribution in [-0.2, 0) is 4.79 Å². The van der Waals surface area contributed by atoms with Gasteiger partial charge in [0.15, 0.2) is 0 Å². The van der Waals surface area contributed by atoms with E-state index in [9.17, 15) is 9.18 Å². The van der Waals surface area contributed by atoms with Crippen molar-refractivity contribution in [3.05, 3.63) is 35.6 Å². The van der Waals surface area contributed by atoms with Gasteiger partial charge in [0.05, 0.1) is 6.54 Å². The van der Waals surface area contributed by atoms with Crippen molar-refractivity contribution in [3.8, 4) is 0 Å². The molecule has 2 fully saturated rings. The van der Waals surface area contributed by atoms with E-state index < -0.39 is 0 Å². The average Bonchev–Trinajstić information content (AvgIpc) is 2.80. The number of hydrogen-bond donors (Lipinski definition) is 1. The number of nitrogens with one attached hydrogen (secondary N) is 1. The number of carbonyl (C=O) groups excluding carboxylic acids is 1. The van der Waals surface area contributed by atoms with Gasteiger partial charge in [-0.25, -0.2) is 4.39 Å². The number of amides is 1. The summed E-state index contributed by atoms with van der Waals surface area (Å²) in [5.41, 5.74) is 1.25. The Kier molecular flexibility index (Phi) is 3.74. The molecular weight excluding hydrogens is 267 g/mol. The molecule has 3 rings (SSSR count). The van der Waals surface area contributed by atoms with Crippen molar-refractivity contribution in [1.82, 2.24) is 10.2 Å². The minimum atomic E-state index is -0.242. The van der Waals surface area contributed by atoms with Gasteiger partial charge in [0.2, 0.25) is 5.91 Å². The Labute approximate surface area is 125 Å². The molecule has 1 aromatic carbocycles. The Morgan fingerprint density at radius 1 is 1.29 bits per heavy atom. The number of halogens is 1. The van der Waals surface area contributed by atoms with Crippen LogP contribution in [0.1, 0.15) is 51.3 Å². The summed E-state index contributed by atoms with van der Waals surface area (Å²) in [4.78, 5) is 14.3. The minimum Gasteiger partial charge on any atom is -0.319 e. The third kappa shape index (κ3) is 2.95. The van der Waals surface area contributed by atoms with Crippen molar-refractivity contribution < 1.29 is 9.18 Å². The van der Waals surface area contributed by atoms with Crippen LogP contribution in [0.5, 0.6) is 0 Å². The zero-order valence-corrected chi connectivity index (χ0v) is 12.7. The fraction of sp³-hybridized carbons (Fsp3) is 0.588. The summed E-state index contributed by atoms with van der Waals surface area (Å²) in [6.45, 7) is 4.93. The number of benzene rings is 1. The molecule has 1 heterocycles. The van der Waals surface area contributed by atoms with E-state index in [-0.39, 0.29) is 23.9 Å². The van der Waals surface area contributed by atoms with Gasteiger partial charge in [-0.15, -0.1) is 0 Å². The van der Waals surface area contributed by atoms with Crippen LogP contribution in [0, 0.1) is 11.2 Å². The molecule has 4 heteroatoms. The minimum absolute atomic E-state index is 0.114. The smallest absolute Gasteiger partial charge is 0.238 e. The maximum atomic E-state index is 13.1. The summed E-state index contributed by atoms with van der Waals surface area (Å²) < 4.78 is 13.1. The predicted octanol–water partition coefficient (Wildman–Crippen LogP) is 3.22. The van der Waals surface area contributed by atoms with Gasteiger partial charge in [0, 0.05) is 6.04 Å². The molecule has 1 amide bonds. The van der Waals surface area contributed by atoms with Crippen molar-refractivity contribution >= 4 is 5.91 Å². The van der Waals surface area contributed by atoms with Crippen molar-refractivity contribution in [2.45, 2.75) is 51.7 Å². The molecule has 0 spiro atoms. The Morgan fingerprint density at radius 2 is 2.00 bits per heavy atom. The van der Waals surface area contributed by atoms with E-state index in [1.165, 1.54) is 18.6 Å². The Hall–Kier alpha value is -1.42. The summed E-state index contributed by atoms with van der Waals surface area (Å²) in [7, 11) is 0. The van der Waals surface area contributed by atoms with Crippen LogP contribution >= 0.6 is 0 Å². The molecule has 1 aliphatic carbocycles. The lowest BCUT2D eigenvalue weighted by atomic mass is 9.74. The molecule has 1 N–H and O–H groups in total. The van der Waals surface area contributed by atoms with Gasteiger partial charge in [-0.2, -0.15) is 0 Å². The first-order valence-electron chi connectivity index (χ1n) is 7.76. The van der Waals surface area contributed by atoms with Gasteiger partial charge in [-0.3, -0.25) is 10.1 Å². The summed E-state index contributed by atoms with van der Waals surface area (Å²) in [6, 6.07) is 6.75. The third-order valence-electron chi connectivity index (χ3n) is 4.77. The number of carbonyl (C=O) groups is 1. The molecular formula is C17H23FN2O. The number of rotatable bonds is 2. The summed E-state index contributed by atoms with van der Waals surface area (Å²) in [5.74, 6) is -0.0829. The fourth-order valence-corrected chi connectivity index (χ4v) is 3.75. The molecule has 0 radical (unpaired) electrons. The lowest BCUT2D eigenvalue weighted by Crippen LogP contribution is -2.44. The van der Waals surface area contributed by atoms with Crippen LogP contribution in [0.2, 0.25) is 0 Å². The van der Waals surface area contributed by atoms with Gasteiger partial charge in [-0.1, -0.05) is 32.4 Å². The van der Waals surface area contributed by atoms with Crippen LogP contribution in [0.25, 0.3) is 0 Å². The molecule has 21 heavy (non-hydrogen) atoms. The van der Waals surface area contributed by atoms with Crippen molar-refractivity contribution in [2.24, 2.45) is 5.41 Å². The standard InChI is InChI=1S/C17H23FN2O/c1-17(2)9-3-4-14(10-17)20-15(21)11-19-16(20)12-5-7-13(18)8-6-12/h5-8,14,16,19H,3-4,9-11H2,1-2H3. The zero-order valence-electron chi connectivity index (χ0n) is 12.7. The SMILES string of the molecule is CC1(C)CCCC(N2C(=O)CNC2c2ccc(F)cc2)C1. The molecule has 114 valence electrons. The maximum absolute atomic E-state index is 13.1. The third-order valence-corrected chi connectivity index (χ3v) is 4.77. The van der Waals surface area contributed by atoms with Crippen LogP contribution in [-0.4, -0.2) is 23.4 Å². The van der Waals surface area contributed by atoms with E-state index in [1.54, 1.807) is 12.1 Å². The van der Waals surface area contributed by atoms with Crippen LogP contribution in [0.15, 0.2) is 24.3 Å². The largest absolute Gasteiger partial charge is 0.319 e. The Morgan fingerprint density at radius 3 is 2.67 bits per heavy atom. The summed E-state index contributed by atoms with van der Waals surface area (Å²) in [6.07, 6.45) is 4.38. The topological polar surface area (TPSA) is 32.3 Å². The normalized spacial score (nSPS) is 28.9. The highest BCUT2D eigenvalue weighted by Crippen LogP contribution is 2.40. The number of hydrogen-bond acceptors (Lipinski definition) is 2. The van der Waals surface area contributed by atoms with Crippen LogP contribution < -0.4 is 5.32 Å². The van der Waals surface area contributed by atoms with Gasteiger partial charge < -0.3 is 4.90 Å². The maximum Gasteiger partial charge on any atom is 0.238 e. The second-order valence-corrected chi connectivity index (χ2v) is 7.05. The lowest BCUT2D eigenvalue weighted by Gasteiger charge is -2.41. The fourth-order valence-electron chi connectivity index (χ4n) is 3.75. The van der Waals surface area contributed by atoms with E-state index in [4.69, 9.17) is 0 Å². The highest BCUT2D eigenvalue weighted by molar-refractivity contribution is 5.81. The van der Waals surface area contributed by atoms with Crippen LogP contribution in [0.3, 0.4) is 0 Å². The average molecular weight is 290 g/mol. The van der Waals surface area contributed by atoms with E-state index in [0.29, 0.717) is 12.0 Å². The first-order valence-corrected chi connectivity index (χ1v) is 7.76. The van der Waals surface area contributed by atoms with Gasteiger partial charge in [-0.05, 0) is 42.4 Å². The lowest BCUT2D eigenvalue weighted by molar-refractivity contribution is -0.131.